The number of para-hydroxylation sites is 1. The molecule has 1 amide bonds. The normalized spacial score (nSPS) is 10.7. The van der Waals surface area contributed by atoms with Crippen LogP contribution in [0.2, 0.25) is 0 Å². The second-order valence-corrected chi connectivity index (χ2v) is 6.50. The topological polar surface area (TPSA) is 85.1 Å². The number of nitro benzene ring substituents is 1. The van der Waals surface area contributed by atoms with Gasteiger partial charge in [-0.25, -0.2) is 4.98 Å². The number of anilines is 1. The highest BCUT2D eigenvalue weighted by molar-refractivity contribution is 7.18. The fourth-order valence-corrected chi connectivity index (χ4v) is 3.32. The Morgan fingerprint density at radius 2 is 2.08 bits per heavy atom. The van der Waals surface area contributed by atoms with E-state index in [1.165, 1.54) is 6.07 Å². The van der Waals surface area contributed by atoms with E-state index in [4.69, 9.17) is 0 Å². The molecule has 2 aromatic carbocycles. The molecule has 7 heteroatoms. The van der Waals surface area contributed by atoms with Gasteiger partial charge in [-0.05, 0) is 25.1 Å². The fraction of sp³-hybridized carbons (Fsp3) is 0.176. The van der Waals surface area contributed by atoms with Crippen LogP contribution in [0.4, 0.5) is 11.4 Å². The molecule has 0 fully saturated rings. The van der Waals surface area contributed by atoms with Gasteiger partial charge in [-0.15, -0.1) is 11.3 Å². The maximum Gasteiger partial charge on any atom is 0.274 e. The number of rotatable bonds is 5. The van der Waals surface area contributed by atoms with Crippen molar-refractivity contribution in [3.8, 4) is 0 Å². The zero-order valence-electron chi connectivity index (χ0n) is 13.0. The molecule has 0 atom stereocenters. The summed E-state index contributed by atoms with van der Waals surface area (Å²) in [5.41, 5.74) is 1.93. The predicted octanol–water partition coefficient (Wildman–Crippen LogP) is 4.08. The van der Waals surface area contributed by atoms with Crippen molar-refractivity contribution in [1.82, 2.24) is 4.98 Å². The first-order valence-electron chi connectivity index (χ1n) is 7.42. The van der Waals surface area contributed by atoms with E-state index in [0.29, 0.717) is 17.7 Å². The molecule has 1 heterocycles. The van der Waals surface area contributed by atoms with Crippen molar-refractivity contribution < 1.29 is 9.72 Å². The number of thiazole rings is 1. The minimum absolute atomic E-state index is 0.000951. The molecule has 0 unspecified atom stereocenters. The highest BCUT2D eigenvalue weighted by Gasteiger charge is 2.13. The Labute approximate surface area is 142 Å². The lowest BCUT2D eigenvalue weighted by atomic mass is 10.2. The first-order valence-corrected chi connectivity index (χ1v) is 8.24. The summed E-state index contributed by atoms with van der Waals surface area (Å²) in [6.45, 7) is 1.66. The Kier molecular flexibility index (Phi) is 4.52. The van der Waals surface area contributed by atoms with Crippen molar-refractivity contribution in [2.24, 2.45) is 0 Å². The number of amides is 1. The second kappa shape index (κ2) is 6.76. The number of aryl methyl sites for hydroxylation is 2. The summed E-state index contributed by atoms with van der Waals surface area (Å²) in [4.78, 5) is 27.0. The predicted molar refractivity (Wildman–Crippen MR) is 94.4 cm³/mol. The van der Waals surface area contributed by atoms with Gasteiger partial charge in [-0.2, -0.15) is 0 Å². The van der Waals surface area contributed by atoms with Gasteiger partial charge in [0.05, 0.1) is 20.1 Å². The maximum absolute atomic E-state index is 12.1. The molecule has 3 rings (SSSR count). The first kappa shape index (κ1) is 16.1. The third-order valence-corrected chi connectivity index (χ3v) is 4.69. The summed E-state index contributed by atoms with van der Waals surface area (Å²) in [7, 11) is 0. The van der Waals surface area contributed by atoms with Crippen molar-refractivity contribution in [2.75, 3.05) is 5.32 Å². The largest absolute Gasteiger partial charge is 0.326 e. The molecule has 0 spiro atoms. The average molecular weight is 341 g/mol. The van der Waals surface area contributed by atoms with Crippen LogP contribution in [0.25, 0.3) is 10.2 Å². The Morgan fingerprint density at radius 1 is 1.29 bits per heavy atom. The first-order chi connectivity index (χ1) is 11.5. The van der Waals surface area contributed by atoms with Crippen LogP contribution in [0.1, 0.15) is 17.0 Å². The standard InChI is InChI=1S/C17H15N3O3S/c1-11-6-7-12(10-14(11)20(22)23)18-16(21)8-9-17-19-13-4-2-3-5-15(13)24-17/h2-7,10H,8-9H2,1H3,(H,18,21). The molecule has 0 aliphatic rings. The van der Waals surface area contributed by atoms with Gasteiger partial charge in [-0.3, -0.25) is 14.9 Å². The van der Waals surface area contributed by atoms with E-state index >= 15 is 0 Å². The van der Waals surface area contributed by atoms with Gasteiger partial charge in [0.15, 0.2) is 0 Å². The molecule has 24 heavy (non-hydrogen) atoms. The quantitative estimate of drug-likeness (QED) is 0.559. The van der Waals surface area contributed by atoms with Crippen molar-refractivity contribution in [1.29, 1.82) is 0 Å². The summed E-state index contributed by atoms with van der Waals surface area (Å²) in [5.74, 6) is -0.188. The van der Waals surface area contributed by atoms with Gasteiger partial charge in [0.2, 0.25) is 5.91 Å². The van der Waals surface area contributed by atoms with E-state index in [1.54, 1.807) is 30.4 Å². The summed E-state index contributed by atoms with van der Waals surface area (Å²) >= 11 is 1.57. The fourth-order valence-electron chi connectivity index (χ4n) is 2.35. The molecule has 0 bridgehead atoms. The third kappa shape index (κ3) is 3.57. The minimum atomic E-state index is -0.452. The molecule has 0 radical (unpaired) electrons. The number of hydrogen-bond acceptors (Lipinski definition) is 5. The molecule has 0 saturated heterocycles. The lowest BCUT2D eigenvalue weighted by molar-refractivity contribution is -0.385. The molecule has 1 N–H and O–H groups in total. The van der Waals surface area contributed by atoms with Crippen LogP contribution in [-0.2, 0) is 11.2 Å². The van der Waals surface area contributed by atoms with Crippen LogP contribution in [0.3, 0.4) is 0 Å². The Morgan fingerprint density at radius 3 is 2.83 bits per heavy atom. The van der Waals surface area contributed by atoms with Crippen LogP contribution < -0.4 is 5.32 Å². The number of nitro groups is 1. The van der Waals surface area contributed by atoms with Crippen LogP contribution in [0, 0.1) is 17.0 Å². The molecule has 0 saturated carbocycles. The van der Waals surface area contributed by atoms with Crippen molar-refractivity contribution in [3.63, 3.8) is 0 Å². The number of aromatic nitrogens is 1. The summed E-state index contributed by atoms with van der Waals surface area (Å²) in [6.07, 6.45) is 0.820. The van der Waals surface area contributed by atoms with Crippen LogP contribution >= 0.6 is 11.3 Å². The number of nitrogens with one attached hydrogen (secondary N) is 1. The number of nitrogens with zero attached hydrogens (tertiary/aromatic N) is 2. The van der Waals surface area contributed by atoms with Crippen molar-refractivity contribution in [2.45, 2.75) is 19.8 Å². The lowest BCUT2D eigenvalue weighted by Gasteiger charge is -2.05. The SMILES string of the molecule is Cc1ccc(NC(=O)CCc2nc3ccccc3s2)cc1[N+](=O)[O-]. The van der Waals surface area contributed by atoms with Gasteiger partial charge in [0.1, 0.15) is 0 Å². The number of carbonyl (C=O) groups is 1. The van der Waals surface area contributed by atoms with E-state index in [-0.39, 0.29) is 18.0 Å². The zero-order valence-corrected chi connectivity index (χ0v) is 13.8. The highest BCUT2D eigenvalue weighted by Crippen LogP contribution is 2.24. The number of fused-ring (bicyclic) bond motifs is 1. The molecule has 0 aliphatic heterocycles. The summed E-state index contributed by atoms with van der Waals surface area (Å²) < 4.78 is 1.10. The Balaban J connectivity index is 1.63. The van der Waals surface area contributed by atoms with Gasteiger partial charge < -0.3 is 5.32 Å². The number of hydrogen-bond donors (Lipinski definition) is 1. The summed E-state index contributed by atoms with van der Waals surface area (Å²) in [5, 5.41) is 14.5. The van der Waals surface area contributed by atoms with Crippen molar-refractivity contribution >= 4 is 38.8 Å². The highest BCUT2D eigenvalue weighted by atomic mass is 32.1. The Bertz CT molecular complexity index is 887. The summed E-state index contributed by atoms with van der Waals surface area (Å²) in [6, 6.07) is 12.5. The molecular formula is C17H15N3O3S. The minimum Gasteiger partial charge on any atom is -0.326 e. The maximum atomic E-state index is 12.1. The van der Waals surface area contributed by atoms with Gasteiger partial charge in [0.25, 0.3) is 5.69 Å². The molecule has 3 aromatic rings. The van der Waals surface area contributed by atoms with E-state index in [0.717, 1.165) is 15.2 Å². The smallest absolute Gasteiger partial charge is 0.274 e. The van der Waals surface area contributed by atoms with E-state index in [2.05, 4.69) is 10.3 Å². The second-order valence-electron chi connectivity index (χ2n) is 5.38. The number of carbonyl (C=O) groups excluding carboxylic acids is 1. The molecule has 6 nitrogen and oxygen atoms in total. The van der Waals surface area contributed by atoms with E-state index in [1.807, 2.05) is 24.3 Å². The lowest BCUT2D eigenvalue weighted by Crippen LogP contribution is -2.12. The third-order valence-electron chi connectivity index (χ3n) is 3.59. The van der Waals surface area contributed by atoms with Crippen molar-refractivity contribution in [3.05, 3.63) is 63.1 Å². The van der Waals surface area contributed by atoms with E-state index < -0.39 is 4.92 Å². The van der Waals surface area contributed by atoms with Crippen LogP contribution in [0.5, 0.6) is 0 Å². The van der Waals surface area contributed by atoms with Gasteiger partial charge in [0, 0.05) is 30.2 Å². The van der Waals surface area contributed by atoms with Gasteiger partial charge in [-0.1, -0.05) is 18.2 Å². The van der Waals surface area contributed by atoms with Gasteiger partial charge >= 0.3 is 0 Å². The molecular weight excluding hydrogens is 326 g/mol. The zero-order chi connectivity index (χ0) is 17.1. The number of benzene rings is 2. The van der Waals surface area contributed by atoms with Crippen LogP contribution in [0.15, 0.2) is 42.5 Å². The van der Waals surface area contributed by atoms with Crippen LogP contribution in [-0.4, -0.2) is 15.8 Å². The molecule has 0 aliphatic carbocycles. The molecule has 122 valence electrons. The Hall–Kier alpha value is -2.80. The average Bonchev–Trinajstić information content (AvgIpc) is 2.97. The molecule has 1 aromatic heterocycles. The van der Waals surface area contributed by atoms with E-state index in [9.17, 15) is 14.9 Å². The monoisotopic (exact) mass is 341 g/mol.